The minimum absolute atomic E-state index is 0.0200. The molecule has 0 bridgehead atoms. The summed E-state index contributed by atoms with van der Waals surface area (Å²) in [6, 6.07) is 6.81. The maximum absolute atomic E-state index is 12.9. The van der Waals surface area contributed by atoms with Gasteiger partial charge in [0.15, 0.2) is 11.5 Å². The molecular weight excluding hydrogens is 349 g/mol. The SMILES string of the molecule is Nc1cc(-c2nnc3ccc(Br)cn23)cc(C(F)(F)F)c1. The molecule has 3 aromatic rings. The molecule has 2 aromatic heterocycles. The number of anilines is 1. The number of pyridine rings is 1. The van der Waals surface area contributed by atoms with Crippen molar-refractivity contribution < 1.29 is 13.2 Å². The molecule has 3 rings (SSSR count). The number of benzene rings is 1. The summed E-state index contributed by atoms with van der Waals surface area (Å²) >= 11 is 3.30. The average molecular weight is 357 g/mol. The Bertz CT molecular complexity index is 826. The van der Waals surface area contributed by atoms with Gasteiger partial charge in [0.25, 0.3) is 0 Å². The van der Waals surface area contributed by atoms with Crippen molar-refractivity contribution in [2.75, 3.05) is 5.73 Å². The minimum atomic E-state index is -4.47. The molecule has 21 heavy (non-hydrogen) atoms. The molecule has 0 aliphatic rings. The van der Waals surface area contributed by atoms with E-state index < -0.39 is 11.7 Å². The van der Waals surface area contributed by atoms with Gasteiger partial charge in [0.2, 0.25) is 0 Å². The highest BCUT2D eigenvalue weighted by Gasteiger charge is 2.31. The van der Waals surface area contributed by atoms with Crippen LogP contribution in [-0.4, -0.2) is 14.6 Å². The van der Waals surface area contributed by atoms with Crippen molar-refractivity contribution in [1.82, 2.24) is 14.6 Å². The fourth-order valence-corrected chi connectivity index (χ4v) is 2.34. The summed E-state index contributed by atoms with van der Waals surface area (Å²) in [6.45, 7) is 0. The molecule has 0 amide bonds. The van der Waals surface area contributed by atoms with Crippen molar-refractivity contribution >= 4 is 27.3 Å². The lowest BCUT2D eigenvalue weighted by molar-refractivity contribution is -0.137. The largest absolute Gasteiger partial charge is 0.416 e. The third-order valence-corrected chi connectivity index (χ3v) is 3.38. The number of nitrogens with two attached hydrogens (primary N) is 1. The second-order valence-electron chi connectivity index (χ2n) is 4.44. The van der Waals surface area contributed by atoms with E-state index in [4.69, 9.17) is 5.73 Å². The second kappa shape index (κ2) is 4.73. The van der Waals surface area contributed by atoms with Gasteiger partial charge in [0, 0.05) is 21.9 Å². The molecule has 0 aliphatic carbocycles. The highest BCUT2D eigenvalue weighted by molar-refractivity contribution is 9.10. The number of nitrogen functional groups attached to an aromatic ring is 1. The van der Waals surface area contributed by atoms with Crippen molar-refractivity contribution in [3.63, 3.8) is 0 Å². The molecule has 0 saturated carbocycles. The molecule has 108 valence electrons. The normalized spacial score (nSPS) is 12.0. The first-order valence-corrected chi connectivity index (χ1v) is 6.62. The summed E-state index contributed by atoms with van der Waals surface area (Å²) < 4.78 is 40.9. The van der Waals surface area contributed by atoms with Gasteiger partial charge in [-0.25, -0.2) is 0 Å². The van der Waals surface area contributed by atoms with Crippen molar-refractivity contribution in [3.05, 3.63) is 46.6 Å². The molecule has 0 unspecified atom stereocenters. The number of fused-ring (bicyclic) bond motifs is 1. The van der Waals surface area contributed by atoms with E-state index in [9.17, 15) is 13.2 Å². The van der Waals surface area contributed by atoms with E-state index >= 15 is 0 Å². The van der Waals surface area contributed by atoms with Crippen LogP contribution in [0, 0.1) is 0 Å². The number of aromatic nitrogens is 3. The van der Waals surface area contributed by atoms with Crippen LogP contribution in [0.3, 0.4) is 0 Å². The fourth-order valence-electron chi connectivity index (χ4n) is 2.01. The molecule has 0 atom stereocenters. The molecule has 4 nitrogen and oxygen atoms in total. The number of rotatable bonds is 1. The molecule has 0 spiro atoms. The summed E-state index contributed by atoms with van der Waals surface area (Å²) in [4.78, 5) is 0. The summed E-state index contributed by atoms with van der Waals surface area (Å²) in [5, 5.41) is 7.87. The number of hydrogen-bond donors (Lipinski definition) is 1. The third kappa shape index (κ3) is 2.58. The van der Waals surface area contributed by atoms with Gasteiger partial charge in [0.05, 0.1) is 5.56 Å². The average Bonchev–Trinajstić information content (AvgIpc) is 2.79. The fraction of sp³-hybridized carbons (Fsp3) is 0.0769. The summed E-state index contributed by atoms with van der Waals surface area (Å²) in [5.74, 6) is 0.295. The van der Waals surface area contributed by atoms with Gasteiger partial charge in [-0.1, -0.05) is 0 Å². The Kier molecular flexibility index (Phi) is 3.12. The van der Waals surface area contributed by atoms with Crippen LogP contribution in [-0.2, 0) is 6.18 Å². The van der Waals surface area contributed by atoms with Crippen molar-refractivity contribution in [1.29, 1.82) is 0 Å². The van der Waals surface area contributed by atoms with E-state index in [2.05, 4.69) is 26.1 Å². The number of hydrogen-bond acceptors (Lipinski definition) is 3. The first-order chi connectivity index (χ1) is 9.84. The predicted molar refractivity (Wildman–Crippen MR) is 75.5 cm³/mol. The first-order valence-electron chi connectivity index (χ1n) is 5.83. The van der Waals surface area contributed by atoms with E-state index in [0.29, 0.717) is 11.5 Å². The zero-order valence-electron chi connectivity index (χ0n) is 10.4. The Labute approximate surface area is 125 Å². The minimum Gasteiger partial charge on any atom is -0.399 e. The third-order valence-electron chi connectivity index (χ3n) is 2.91. The molecule has 8 heteroatoms. The molecule has 0 fully saturated rings. The van der Waals surface area contributed by atoms with Crippen LogP contribution in [0.1, 0.15) is 5.56 Å². The zero-order valence-corrected chi connectivity index (χ0v) is 12.0. The van der Waals surface area contributed by atoms with E-state index in [1.807, 2.05) is 0 Å². The van der Waals surface area contributed by atoms with Crippen LogP contribution < -0.4 is 5.73 Å². The Hall–Kier alpha value is -2.09. The van der Waals surface area contributed by atoms with E-state index in [1.54, 1.807) is 22.7 Å². The van der Waals surface area contributed by atoms with Crippen LogP contribution in [0.15, 0.2) is 41.0 Å². The molecule has 0 saturated heterocycles. The highest BCUT2D eigenvalue weighted by Crippen LogP contribution is 2.34. The Morgan fingerprint density at radius 3 is 2.57 bits per heavy atom. The van der Waals surface area contributed by atoms with Gasteiger partial charge in [-0.05, 0) is 46.3 Å². The lowest BCUT2D eigenvalue weighted by atomic mass is 10.1. The topological polar surface area (TPSA) is 56.2 Å². The van der Waals surface area contributed by atoms with Gasteiger partial charge in [0.1, 0.15) is 0 Å². The highest BCUT2D eigenvalue weighted by atomic mass is 79.9. The summed E-state index contributed by atoms with van der Waals surface area (Å²) in [5.41, 5.74) is 5.56. The van der Waals surface area contributed by atoms with E-state index in [-0.39, 0.29) is 11.3 Å². The van der Waals surface area contributed by atoms with Crippen molar-refractivity contribution in [2.24, 2.45) is 0 Å². The summed E-state index contributed by atoms with van der Waals surface area (Å²) in [6.07, 6.45) is -2.79. The Balaban J connectivity index is 2.23. The number of halogens is 4. The van der Waals surface area contributed by atoms with E-state index in [0.717, 1.165) is 16.6 Å². The van der Waals surface area contributed by atoms with Gasteiger partial charge >= 0.3 is 6.18 Å². The maximum atomic E-state index is 12.9. The van der Waals surface area contributed by atoms with Gasteiger partial charge in [-0.2, -0.15) is 13.2 Å². The number of alkyl halides is 3. The molecule has 0 radical (unpaired) electrons. The standard InChI is InChI=1S/C13H8BrF3N4/c14-9-1-2-11-19-20-12(21(11)6-9)7-3-8(13(15,16)17)5-10(18)4-7/h1-6H,18H2. The van der Waals surface area contributed by atoms with Gasteiger partial charge < -0.3 is 5.73 Å². The number of nitrogens with zero attached hydrogens (tertiary/aromatic N) is 3. The Morgan fingerprint density at radius 1 is 1.10 bits per heavy atom. The zero-order chi connectivity index (χ0) is 15.2. The Morgan fingerprint density at radius 2 is 1.86 bits per heavy atom. The maximum Gasteiger partial charge on any atom is 0.416 e. The van der Waals surface area contributed by atoms with E-state index in [1.165, 1.54) is 6.07 Å². The summed E-state index contributed by atoms with van der Waals surface area (Å²) in [7, 11) is 0. The van der Waals surface area contributed by atoms with Gasteiger partial charge in [-0.15, -0.1) is 10.2 Å². The second-order valence-corrected chi connectivity index (χ2v) is 5.36. The molecule has 1 aromatic carbocycles. The van der Waals surface area contributed by atoms with Crippen LogP contribution >= 0.6 is 15.9 Å². The lowest BCUT2D eigenvalue weighted by Crippen LogP contribution is -2.06. The molecule has 0 aliphatic heterocycles. The molecule has 2 heterocycles. The first kappa shape index (κ1) is 13.9. The monoisotopic (exact) mass is 356 g/mol. The van der Waals surface area contributed by atoms with Crippen LogP contribution in [0.5, 0.6) is 0 Å². The molecular formula is C13H8BrF3N4. The lowest BCUT2D eigenvalue weighted by Gasteiger charge is -2.09. The van der Waals surface area contributed by atoms with Crippen molar-refractivity contribution in [2.45, 2.75) is 6.18 Å². The van der Waals surface area contributed by atoms with Crippen LogP contribution in [0.4, 0.5) is 18.9 Å². The smallest absolute Gasteiger partial charge is 0.399 e. The molecule has 2 N–H and O–H groups in total. The van der Waals surface area contributed by atoms with Gasteiger partial charge in [-0.3, -0.25) is 4.40 Å². The predicted octanol–water partition coefficient (Wildman–Crippen LogP) is 3.76. The quantitative estimate of drug-likeness (QED) is 0.675. The van der Waals surface area contributed by atoms with Crippen LogP contribution in [0.2, 0.25) is 0 Å². The van der Waals surface area contributed by atoms with Crippen molar-refractivity contribution in [3.8, 4) is 11.4 Å². The van der Waals surface area contributed by atoms with Crippen LogP contribution in [0.25, 0.3) is 17.0 Å².